The molecular weight excluding hydrogens is 510 g/mol. The average Bonchev–Trinajstić information content (AvgIpc) is 3.57. The third-order valence-corrected chi connectivity index (χ3v) is 7.86. The molecule has 2 fully saturated rings. The number of carbonyl (C=O) groups excluding carboxylic acids is 2. The van der Waals surface area contributed by atoms with Crippen LogP contribution in [0.15, 0.2) is 30.6 Å². The molecule has 12 heteroatoms. The van der Waals surface area contributed by atoms with Crippen LogP contribution in [0.2, 0.25) is 0 Å². The maximum absolute atomic E-state index is 13.2. The second-order valence-electron chi connectivity index (χ2n) is 10.7. The van der Waals surface area contributed by atoms with Gasteiger partial charge in [0.1, 0.15) is 0 Å². The van der Waals surface area contributed by atoms with Crippen LogP contribution in [0, 0.1) is 20.8 Å². The first kappa shape index (κ1) is 26.1. The van der Waals surface area contributed by atoms with Gasteiger partial charge in [0.2, 0.25) is 5.91 Å². The summed E-state index contributed by atoms with van der Waals surface area (Å²) in [5, 5.41) is 18.9. The molecule has 1 atom stereocenters. The zero-order valence-corrected chi connectivity index (χ0v) is 23.1. The number of hydrogen-bond acceptors (Lipinski definition) is 8. The Morgan fingerprint density at radius 1 is 1.12 bits per heavy atom. The van der Waals surface area contributed by atoms with Crippen LogP contribution in [0.25, 0.3) is 16.6 Å². The van der Waals surface area contributed by atoms with E-state index >= 15 is 0 Å². The Bertz CT molecular complexity index is 1600. The van der Waals surface area contributed by atoms with E-state index in [4.69, 9.17) is 9.84 Å². The van der Waals surface area contributed by atoms with Crippen molar-refractivity contribution < 1.29 is 14.3 Å². The molecule has 6 rings (SSSR count). The number of aryl methyl sites for hydroxylation is 2. The third-order valence-electron chi connectivity index (χ3n) is 7.86. The van der Waals surface area contributed by atoms with Gasteiger partial charge < -0.3 is 15.4 Å². The highest BCUT2D eigenvalue weighted by Gasteiger charge is 2.26. The van der Waals surface area contributed by atoms with Crippen molar-refractivity contribution in [2.75, 3.05) is 36.9 Å². The molecule has 2 saturated heterocycles. The smallest absolute Gasteiger partial charge is 0.278 e. The molecular formula is C28H33N9O3. The van der Waals surface area contributed by atoms with Crippen LogP contribution in [-0.2, 0) is 9.53 Å². The van der Waals surface area contributed by atoms with Crippen LogP contribution in [0.4, 0.5) is 11.4 Å². The van der Waals surface area contributed by atoms with E-state index < -0.39 is 5.91 Å². The van der Waals surface area contributed by atoms with Gasteiger partial charge in [-0.15, -0.1) is 5.10 Å². The van der Waals surface area contributed by atoms with Crippen LogP contribution in [0.5, 0.6) is 0 Å². The van der Waals surface area contributed by atoms with Crippen LogP contribution in [0.1, 0.15) is 53.4 Å². The molecule has 0 radical (unpaired) electrons. The monoisotopic (exact) mass is 543 g/mol. The standard InChI is InChI=1S/C28H33N9O3/c1-16-6-5-9-35(16)13-25(38)30-21-10-23(17(2)29-11-21)31-28(39)27-24-8-7-20(12-36(24)34-32-27)26-18(3)33-37(19(26)4)22-14-40-15-22/h7-8,10-12,16,22H,5-6,9,13-15H2,1-4H3,(H,30,38)(H,31,39)/t16-/m0/s1. The van der Waals surface area contributed by atoms with Gasteiger partial charge in [-0.3, -0.25) is 24.2 Å². The van der Waals surface area contributed by atoms with E-state index in [-0.39, 0.29) is 17.6 Å². The molecule has 0 aromatic carbocycles. The number of likely N-dealkylation sites (tertiary alicyclic amines) is 1. The lowest BCUT2D eigenvalue weighted by Gasteiger charge is -2.27. The lowest BCUT2D eigenvalue weighted by atomic mass is 10.1. The molecule has 2 aliphatic heterocycles. The van der Waals surface area contributed by atoms with Crippen molar-refractivity contribution >= 4 is 28.7 Å². The predicted octanol–water partition coefficient (Wildman–Crippen LogP) is 3.16. The van der Waals surface area contributed by atoms with E-state index in [2.05, 4.69) is 44.7 Å². The summed E-state index contributed by atoms with van der Waals surface area (Å²) in [6.07, 6.45) is 5.67. The van der Waals surface area contributed by atoms with Crippen LogP contribution < -0.4 is 10.6 Å². The molecule has 6 heterocycles. The largest absolute Gasteiger partial charge is 0.377 e. The molecule has 0 unspecified atom stereocenters. The number of pyridine rings is 2. The van der Waals surface area contributed by atoms with E-state index in [9.17, 15) is 9.59 Å². The summed E-state index contributed by atoms with van der Waals surface area (Å²) < 4.78 is 8.97. The summed E-state index contributed by atoms with van der Waals surface area (Å²) in [5.41, 5.74) is 6.37. The summed E-state index contributed by atoms with van der Waals surface area (Å²) in [7, 11) is 0. The van der Waals surface area contributed by atoms with Crippen molar-refractivity contribution in [3.05, 3.63) is 53.4 Å². The van der Waals surface area contributed by atoms with Crippen molar-refractivity contribution in [2.45, 2.75) is 52.6 Å². The molecule has 0 spiro atoms. The van der Waals surface area contributed by atoms with Gasteiger partial charge >= 0.3 is 0 Å². The Balaban J connectivity index is 1.19. The van der Waals surface area contributed by atoms with Gasteiger partial charge in [0.15, 0.2) is 5.69 Å². The maximum Gasteiger partial charge on any atom is 0.278 e. The molecule has 12 nitrogen and oxygen atoms in total. The Labute approximate surface area is 231 Å². The molecule has 40 heavy (non-hydrogen) atoms. The van der Waals surface area contributed by atoms with Crippen molar-refractivity contribution in [1.82, 2.24) is 34.5 Å². The van der Waals surface area contributed by atoms with Crippen molar-refractivity contribution in [2.24, 2.45) is 0 Å². The van der Waals surface area contributed by atoms with E-state index in [1.165, 1.54) is 0 Å². The number of amides is 2. The number of fused-ring (bicyclic) bond motifs is 1. The van der Waals surface area contributed by atoms with Gasteiger partial charge in [-0.1, -0.05) is 11.3 Å². The van der Waals surface area contributed by atoms with Crippen molar-refractivity contribution in [1.29, 1.82) is 0 Å². The van der Waals surface area contributed by atoms with Gasteiger partial charge in [-0.2, -0.15) is 5.10 Å². The number of anilines is 2. The van der Waals surface area contributed by atoms with Gasteiger partial charge in [-0.05, 0) is 59.2 Å². The molecule has 2 aliphatic rings. The number of hydrogen-bond donors (Lipinski definition) is 2. The maximum atomic E-state index is 13.2. The Morgan fingerprint density at radius 2 is 1.95 bits per heavy atom. The topological polar surface area (TPSA) is 132 Å². The molecule has 4 aromatic heterocycles. The first-order valence-electron chi connectivity index (χ1n) is 13.6. The Hall–Kier alpha value is -4.16. The number of rotatable bonds is 7. The zero-order chi connectivity index (χ0) is 28.0. The number of carbonyl (C=O) groups is 2. The summed E-state index contributed by atoms with van der Waals surface area (Å²) in [6.45, 7) is 10.6. The summed E-state index contributed by atoms with van der Waals surface area (Å²) >= 11 is 0. The van der Waals surface area contributed by atoms with Crippen LogP contribution in [0.3, 0.4) is 0 Å². The zero-order valence-electron chi connectivity index (χ0n) is 23.1. The molecule has 208 valence electrons. The van der Waals surface area contributed by atoms with Crippen LogP contribution >= 0.6 is 0 Å². The number of ether oxygens (including phenoxy) is 1. The lowest BCUT2D eigenvalue weighted by molar-refractivity contribution is -0.117. The average molecular weight is 544 g/mol. The first-order chi connectivity index (χ1) is 19.3. The minimum Gasteiger partial charge on any atom is -0.377 e. The fraction of sp³-hybridized carbons (Fsp3) is 0.429. The van der Waals surface area contributed by atoms with E-state index in [1.807, 2.05) is 29.9 Å². The lowest BCUT2D eigenvalue weighted by Crippen LogP contribution is -2.35. The third kappa shape index (κ3) is 4.84. The van der Waals surface area contributed by atoms with Crippen molar-refractivity contribution in [3.8, 4) is 11.1 Å². The minimum absolute atomic E-state index is 0.103. The molecule has 2 N–H and O–H groups in total. The van der Waals surface area contributed by atoms with Crippen molar-refractivity contribution in [3.63, 3.8) is 0 Å². The highest BCUT2D eigenvalue weighted by atomic mass is 16.5. The minimum atomic E-state index is -0.410. The van der Waals surface area contributed by atoms with E-state index in [0.29, 0.717) is 48.4 Å². The summed E-state index contributed by atoms with van der Waals surface area (Å²) in [5.74, 6) is -0.513. The Morgan fingerprint density at radius 3 is 2.67 bits per heavy atom. The molecule has 0 bridgehead atoms. The number of nitrogens with zero attached hydrogens (tertiary/aromatic N) is 7. The van der Waals surface area contributed by atoms with Gasteiger partial charge in [0.25, 0.3) is 5.91 Å². The van der Waals surface area contributed by atoms with Gasteiger partial charge in [-0.25, -0.2) is 4.52 Å². The fourth-order valence-corrected chi connectivity index (χ4v) is 5.53. The number of aromatic nitrogens is 6. The molecule has 2 amide bonds. The highest BCUT2D eigenvalue weighted by Crippen LogP contribution is 2.31. The Kier molecular flexibility index (Phi) is 6.80. The quantitative estimate of drug-likeness (QED) is 0.363. The highest BCUT2D eigenvalue weighted by molar-refractivity contribution is 6.08. The van der Waals surface area contributed by atoms with Crippen LogP contribution in [-0.4, -0.2) is 78.7 Å². The summed E-state index contributed by atoms with van der Waals surface area (Å²) in [4.78, 5) is 32.4. The first-order valence-corrected chi connectivity index (χ1v) is 13.6. The fourth-order valence-electron chi connectivity index (χ4n) is 5.53. The van der Waals surface area contributed by atoms with E-state index in [1.54, 1.807) is 23.7 Å². The van der Waals surface area contributed by atoms with Gasteiger partial charge in [0, 0.05) is 29.1 Å². The predicted molar refractivity (Wildman–Crippen MR) is 149 cm³/mol. The van der Waals surface area contributed by atoms with Gasteiger partial charge in [0.05, 0.1) is 60.3 Å². The summed E-state index contributed by atoms with van der Waals surface area (Å²) in [6, 6.07) is 6.17. The number of nitrogens with one attached hydrogen (secondary N) is 2. The molecule has 0 aliphatic carbocycles. The molecule has 4 aromatic rings. The second-order valence-corrected chi connectivity index (χ2v) is 10.7. The SMILES string of the molecule is Cc1ncc(NC(=O)CN2CCC[C@@H]2C)cc1NC(=O)c1nnn2cc(-c3c(C)nn(C4COC4)c3C)ccc12. The normalized spacial score (nSPS) is 17.8. The molecule has 0 saturated carbocycles. The second kappa shape index (κ2) is 10.4. The van der Waals surface area contributed by atoms with E-state index in [0.717, 1.165) is 41.9 Å².